The van der Waals surface area contributed by atoms with Crippen LogP contribution in [0.2, 0.25) is 0 Å². The highest BCUT2D eigenvalue weighted by molar-refractivity contribution is 4.82. The molecule has 13 heavy (non-hydrogen) atoms. The Hall–Kier alpha value is -0.150. The molecule has 1 rings (SSSR count). The van der Waals surface area contributed by atoms with Crippen molar-refractivity contribution < 1.29 is 4.39 Å². The largest absolute Gasteiger partial charge is 0.327 e. The minimum absolute atomic E-state index is 0.206. The standard InChI is InChI=1S/C10H21FN2/c1-9(12)10-5-2-3-7-13(10)8-4-6-11/h9-10H,2-8,12H2,1H3. The van der Waals surface area contributed by atoms with Gasteiger partial charge >= 0.3 is 0 Å². The fourth-order valence-corrected chi connectivity index (χ4v) is 2.15. The Morgan fingerprint density at radius 3 is 2.92 bits per heavy atom. The molecule has 0 spiro atoms. The SMILES string of the molecule is CC(N)C1CCCCN1CCCF. The van der Waals surface area contributed by atoms with Crippen LogP contribution in [0.5, 0.6) is 0 Å². The highest BCUT2D eigenvalue weighted by Crippen LogP contribution is 2.18. The lowest BCUT2D eigenvalue weighted by Crippen LogP contribution is -2.49. The van der Waals surface area contributed by atoms with Gasteiger partial charge in [-0.25, -0.2) is 0 Å². The third-order valence-electron chi connectivity index (χ3n) is 2.85. The number of likely N-dealkylation sites (tertiary alicyclic amines) is 1. The highest BCUT2D eigenvalue weighted by atomic mass is 19.1. The Kier molecular flexibility index (Phi) is 4.67. The summed E-state index contributed by atoms with van der Waals surface area (Å²) in [5.74, 6) is 0. The molecule has 0 aromatic carbocycles. The van der Waals surface area contributed by atoms with Crippen molar-refractivity contribution in [2.45, 2.75) is 44.7 Å². The molecule has 0 bridgehead atoms. The van der Waals surface area contributed by atoms with Gasteiger partial charge in [-0.3, -0.25) is 9.29 Å². The molecule has 0 amide bonds. The van der Waals surface area contributed by atoms with Crippen LogP contribution in [0.4, 0.5) is 4.39 Å². The zero-order valence-corrected chi connectivity index (χ0v) is 8.51. The monoisotopic (exact) mass is 188 g/mol. The van der Waals surface area contributed by atoms with E-state index >= 15 is 0 Å². The Morgan fingerprint density at radius 1 is 1.54 bits per heavy atom. The van der Waals surface area contributed by atoms with Crippen LogP contribution in [0.25, 0.3) is 0 Å². The number of nitrogens with zero attached hydrogens (tertiary/aromatic N) is 1. The van der Waals surface area contributed by atoms with Crippen LogP contribution in [0.3, 0.4) is 0 Å². The normalized spacial score (nSPS) is 27.5. The molecule has 1 aliphatic heterocycles. The Labute approximate surface area is 80.3 Å². The van der Waals surface area contributed by atoms with Gasteiger partial charge in [0.25, 0.3) is 0 Å². The number of piperidine rings is 1. The van der Waals surface area contributed by atoms with Crippen LogP contribution < -0.4 is 5.73 Å². The predicted octanol–water partition coefficient (Wildman–Crippen LogP) is 1.55. The third kappa shape index (κ3) is 3.24. The van der Waals surface area contributed by atoms with Gasteiger partial charge in [-0.05, 0) is 32.7 Å². The molecule has 1 heterocycles. The molecule has 2 unspecified atom stereocenters. The Morgan fingerprint density at radius 2 is 2.31 bits per heavy atom. The molecule has 1 fully saturated rings. The maximum Gasteiger partial charge on any atom is 0.0906 e. The minimum atomic E-state index is -0.206. The first-order chi connectivity index (χ1) is 6.25. The van der Waals surface area contributed by atoms with E-state index in [9.17, 15) is 4.39 Å². The molecular weight excluding hydrogens is 167 g/mol. The van der Waals surface area contributed by atoms with E-state index < -0.39 is 0 Å². The van der Waals surface area contributed by atoms with Gasteiger partial charge in [0.1, 0.15) is 0 Å². The highest BCUT2D eigenvalue weighted by Gasteiger charge is 2.24. The lowest BCUT2D eigenvalue weighted by atomic mass is 9.97. The Balaban J connectivity index is 2.37. The molecule has 0 radical (unpaired) electrons. The van der Waals surface area contributed by atoms with Crippen molar-refractivity contribution in [2.75, 3.05) is 19.8 Å². The zero-order valence-electron chi connectivity index (χ0n) is 8.51. The summed E-state index contributed by atoms with van der Waals surface area (Å²) in [5.41, 5.74) is 5.89. The van der Waals surface area contributed by atoms with Crippen LogP contribution in [-0.4, -0.2) is 36.7 Å². The van der Waals surface area contributed by atoms with Gasteiger partial charge in [0.2, 0.25) is 0 Å². The summed E-state index contributed by atoms with van der Waals surface area (Å²) >= 11 is 0. The second kappa shape index (κ2) is 5.55. The zero-order chi connectivity index (χ0) is 9.68. The summed E-state index contributed by atoms with van der Waals surface area (Å²) in [4.78, 5) is 2.35. The number of hydrogen-bond acceptors (Lipinski definition) is 2. The summed E-state index contributed by atoms with van der Waals surface area (Å²) in [7, 11) is 0. The van der Waals surface area contributed by atoms with Crippen LogP contribution in [0.15, 0.2) is 0 Å². The van der Waals surface area contributed by atoms with E-state index in [2.05, 4.69) is 11.8 Å². The van der Waals surface area contributed by atoms with Crippen LogP contribution >= 0.6 is 0 Å². The van der Waals surface area contributed by atoms with Gasteiger partial charge in [0.05, 0.1) is 6.67 Å². The van der Waals surface area contributed by atoms with Crippen molar-refractivity contribution in [1.82, 2.24) is 4.90 Å². The second-order valence-corrected chi connectivity index (χ2v) is 4.00. The summed E-state index contributed by atoms with van der Waals surface area (Å²) in [5, 5.41) is 0. The summed E-state index contributed by atoms with van der Waals surface area (Å²) in [6, 6.07) is 0.709. The lowest BCUT2D eigenvalue weighted by Gasteiger charge is -2.37. The van der Waals surface area contributed by atoms with Crippen LogP contribution in [-0.2, 0) is 0 Å². The van der Waals surface area contributed by atoms with Gasteiger partial charge in [-0.1, -0.05) is 6.42 Å². The van der Waals surface area contributed by atoms with Crippen molar-refractivity contribution in [1.29, 1.82) is 0 Å². The molecule has 1 saturated heterocycles. The maximum absolute atomic E-state index is 12.0. The van der Waals surface area contributed by atoms with Gasteiger partial charge in [-0.15, -0.1) is 0 Å². The maximum atomic E-state index is 12.0. The van der Waals surface area contributed by atoms with Gasteiger partial charge in [0.15, 0.2) is 0 Å². The van der Waals surface area contributed by atoms with Crippen molar-refractivity contribution in [3.8, 4) is 0 Å². The summed E-state index contributed by atoms with van der Waals surface area (Å²) in [6.45, 7) is 3.83. The van der Waals surface area contributed by atoms with Crippen LogP contribution in [0.1, 0.15) is 32.6 Å². The van der Waals surface area contributed by atoms with Crippen molar-refractivity contribution in [2.24, 2.45) is 5.73 Å². The molecule has 0 saturated carbocycles. The predicted molar refractivity (Wildman–Crippen MR) is 53.5 cm³/mol. The molecule has 0 aromatic rings. The average Bonchev–Trinajstić information content (AvgIpc) is 2.15. The first kappa shape index (κ1) is 10.9. The molecule has 0 aromatic heterocycles. The molecule has 3 heteroatoms. The van der Waals surface area contributed by atoms with Crippen molar-refractivity contribution >= 4 is 0 Å². The molecular formula is C10H21FN2. The minimum Gasteiger partial charge on any atom is -0.327 e. The number of alkyl halides is 1. The van der Waals surface area contributed by atoms with E-state index in [4.69, 9.17) is 5.73 Å². The van der Waals surface area contributed by atoms with E-state index in [-0.39, 0.29) is 12.7 Å². The topological polar surface area (TPSA) is 29.3 Å². The number of halogens is 1. The summed E-state index contributed by atoms with van der Waals surface area (Å²) in [6.07, 6.45) is 4.36. The number of hydrogen-bond donors (Lipinski definition) is 1. The van der Waals surface area contributed by atoms with E-state index in [0.717, 1.165) is 13.1 Å². The molecule has 1 aliphatic rings. The molecule has 2 nitrogen and oxygen atoms in total. The van der Waals surface area contributed by atoms with Gasteiger partial charge in [-0.2, -0.15) is 0 Å². The molecule has 2 atom stereocenters. The van der Waals surface area contributed by atoms with E-state index in [1.165, 1.54) is 19.3 Å². The lowest BCUT2D eigenvalue weighted by molar-refractivity contribution is 0.126. The molecule has 0 aliphatic carbocycles. The van der Waals surface area contributed by atoms with E-state index in [1.54, 1.807) is 0 Å². The van der Waals surface area contributed by atoms with Gasteiger partial charge in [0, 0.05) is 18.6 Å². The number of nitrogens with two attached hydrogens (primary N) is 1. The van der Waals surface area contributed by atoms with E-state index in [1.807, 2.05) is 0 Å². The second-order valence-electron chi connectivity index (χ2n) is 4.00. The molecule has 2 N–H and O–H groups in total. The average molecular weight is 188 g/mol. The quantitative estimate of drug-likeness (QED) is 0.725. The smallest absolute Gasteiger partial charge is 0.0906 e. The first-order valence-corrected chi connectivity index (χ1v) is 5.31. The van der Waals surface area contributed by atoms with Crippen molar-refractivity contribution in [3.05, 3.63) is 0 Å². The fourth-order valence-electron chi connectivity index (χ4n) is 2.15. The van der Waals surface area contributed by atoms with E-state index in [0.29, 0.717) is 12.5 Å². The third-order valence-corrected chi connectivity index (χ3v) is 2.85. The summed E-state index contributed by atoms with van der Waals surface area (Å²) < 4.78 is 12.0. The number of rotatable bonds is 4. The first-order valence-electron chi connectivity index (χ1n) is 5.31. The van der Waals surface area contributed by atoms with Crippen molar-refractivity contribution in [3.63, 3.8) is 0 Å². The fraction of sp³-hybridized carbons (Fsp3) is 1.00. The Bertz CT molecular complexity index is 139. The van der Waals surface area contributed by atoms with Gasteiger partial charge < -0.3 is 5.73 Å². The van der Waals surface area contributed by atoms with Crippen LogP contribution in [0, 0.1) is 0 Å². The molecule has 78 valence electrons.